The van der Waals surface area contributed by atoms with Crippen LogP contribution in [-0.4, -0.2) is 28.7 Å². The topological polar surface area (TPSA) is 20.3 Å². The van der Waals surface area contributed by atoms with E-state index in [1.807, 2.05) is 11.0 Å². The molecule has 0 aliphatic carbocycles. The molecule has 1 aliphatic rings. The van der Waals surface area contributed by atoms with Crippen molar-refractivity contribution in [1.29, 1.82) is 0 Å². The second-order valence-corrected chi connectivity index (χ2v) is 7.30. The molecule has 0 spiro atoms. The summed E-state index contributed by atoms with van der Waals surface area (Å²) in [6.45, 7) is 0.842. The fourth-order valence-electron chi connectivity index (χ4n) is 2.97. The summed E-state index contributed by atoms with van der Waals surface area (Å²) in [5, 5.41) is 1.93. The number of carbonyl (C=O) groups is 1. The Labute approximate surface area is 136 Å². The summed E-state index contributed by atoms with van der Waals surface area (Å²) >= 11 is 4.84. The van der Waals surface area contributed by atoms with Crippen molar-refractivity contribution >= 4 is 43.3 Å². The van der Waals surface area contributed by atoms with Crippen LogP contribution in [-0.2, 0) is 0 Å². The lowest BCUT2D eigenvalue weighted by Gasteiger charge is -2.24. The van der Waals surface area contributed by atoms with Crippen LogP contribution in [0.3, 0.4) is 0 Å². The Bertz CT molecular complexity index is 657. The number of nitrogens with zero attached hydrogens (tertiary/aromatic N) is 1. The molecule has 112 valence electrons. The molecule has 1 unspecified atom stereocenters. The Morgan fingerprint density at radius 2 is 2.29 bits per heavy atom. The van der Waals surface area contributed by atoms with Gasteiger partial charge in [0.05, 0.1) is 4.88 Å². The van der Waals surface area contributed by atoms with E-state index in [0.29, 0.717) is 6.04 Å². The van der Waals surface area contributed by atoms with Gasteiger partial charge in [-0.05, 0) is 49.3 Å². The summed E-state index contributed by atoms with van der Waals surface area (Å²) in [6, 6.07) is 6.93. The van der Waals surface area contributed by atoms with Gasteiger partial charge in [0.1, 0.15) is 5.82 Å². The van der Waals surface area contributed by atoms with Crippen LogP contribution < -0.4 is 0 Å². The van der Waals surface area contributed by atoms with Crippen LogP contribution in [0.15, 0.2) is 24.3 Å². The highest BCUT2D eigenvalue weighted by Crippen LogP contribution is 2.30. The minimum Gasteiger partial charge on any atom is -0.335 e. The molecule has 0 radical (unpaired) electrons. The number of halogens is 2. The van der Waals surface area contributed by atoms with E-state index in [-0.39, 0.29) is 11.7 Å². The van der Waals surface area contributed by atoms with Gasteiger partial charge >= 0.3 is 0 Å². The Morgan fingerprint density at radius 1 is 1.43 bits per heavy atom. The maximum Gasteiger partial charge on any atom is 0.264 e. The standard InChI is InChI=1S/C16H17BrFNOS/c17-7-1-3-13-4-2-8-19(13)16(20)15-9-11-5-6-12(18)10-14(11)21-15/h5-6,9-10,13H,1-4,7-8H2. The molecular formula is C16H17BrFNOS. The van der Waals surface area contributed by atoms with Crippen LogP contribution in [0.4, 0.5) is 4.39 Å². The van der Waals surface area contributed by atoms with Gasteiger partial charge in [0, 0.05) is 22.6 Å². The molecule has 2 nitrogen and oxygen atoms in total. The van der Waals surface area contributed by atoms with E-state index in [2.05, 4.69) is 15.9 Å². The van der Waals surface area contributed by atoms with E-state index in [1.165, 1.54) is 23.5 Å². The molecule has 3 rings (SSSR count). The maximum atomic E-state index is 13.3. The third-order valence-electron chi connectivity index (χ3n) is 4.00. The molecule has 1 fully saturated rings. The van der Waals surface area contributed by atoms with Gasteiger partial charge in [-0.2, -0.15) is 0 Å². The van der Waals surface area contributed by atoms with Gasteiger partial charge in [-0.15, -0.1) is 11.3 Å². The molecular weight excluding hydrogens is 353 g/mol. The highest BCUT2D eigenvalue weighted by Gasteiger charge is 2.29. The van der Waals surface area contributed by atoms with Gasteiger partial charge in [-0.1, -0.05) is 22.0 Å². The normalized spacial score (nSPS) is 18.6. The average molecular weight is 370 g/mol. The molecule has 1 aromatic heterocycles. The zero-order valence-corrected chi connectivity index (χ0v) is 14.1. The molecule has 0 N–H and O–H groups in total. The largest absolute Gasteiger partial charge is 0.335 e. The van der Waals surface area contributed by atoms with Gasteiger partial charge < -0.3 is 4.90 Å². The number of fused-ring (bicyclic) bond motifs is 1. The number of rotatable bonds is 4. The van der Waals surface area contributed by atoms with Gasteiger partial charge in [0.25, 0.3) is 5.91 Å². The van der Waals surface area contributed by atoms with E-state index < -0.39 is 0 Å². The molecule has 1 amide bonds. The lowest BCUT2D eigenvalue weighted by atomic mass is 10.1. The summed E-state index contributed by atoms with van der Waals surface area (Å²) < 4.78 is 14.1. The van der Waals surface area contributed by atoms with E-state index >= 15 is 0 Å². The van der Waals surface area contributed by atoms with Crippen LogP contribution in [0.5, 0.6) is 0 Å². The van der Waals surface area contributed by atoms with Gasteiger partial charge in [0.2, 0.25) is 0 Å². The lowest BCUT2D eigenvalue weighted by Crippen LogP contribution is -2.35. The lowest BCUT2D eigenvalue weighted by molar-refractivity contribution is 0.0735. The Kier molecular flexibility index (Phi) is 4.60. The van der Waals surface area contributed by atoms with E-state index in [1.54, 1.807) is 6.07 Å². The molecule has 21 heavy (non-hydrogen) atoms. The van der Waals surface area contributed by atoms with Gasteiger partial charge in [-0.3, -0.25) is 4.79 Å². The quantitative estimate of drug-likeness (QED) is 0.707. The number of hydrogen-bond donors (Lipinski definition) is 0. The fourth-order valence-corrected chi connectivity index (χ4v) is 4.34. The predicted molar refractivity (Wildman–Crippen MR) is 88.9 cm³/mol. The molecule has 2 heterocycles. The minimum absolute atomic E-state index is 0.105. The minimum atomic E-state index is -0.250. The van der Waals surface area contributed by atoms with Crippen LogP contribution in [0.1, 0.15) is 35.4 Å². The van der Waals surface area contributed by atoms with E-state index in [4.69, 9.17) is 0 Å². The SMILES string of the molecule is O=C(c1cc2ccc(F)cc2s1)N1CCCC1CCCBr. The van der Waals surface area contributed by atoms with Gasteiger partial charge in [0.15, 0.2) is 0 Å². The first-order chi connectivity index (χ1) is 10.2. The summed E-state index contributed by atoms with van der Waals surface area (Å²) in [5.41, 5.74) is 0. The molecule has 2 aromatic rings. The van der Waals surface area contributed by atoms with E-state index in [0.717, 1.165) is 52.5 Å². The summed E-state index contributed by atoms with van der Waals surface area (Å²) in [4.78, 5) is 15.4. The summed E-state index contributed by atoms with van der Waals surface area (Å²) in [6.07, 6.45) is 4.32. The van der Waals surface area contributed by atoms with Crippen molar-refractivity contribution in [2.24, 2.45) is 0 Å². The van der Waals surface area contributed by atoms with Crippen LogP contribution >= 0.6 is 27.3 Å². The number of thiophene rings is 1. The predicted octanol–water partition coefficient (Wildman–Crippen LogP) is 4.82. The average Bonchev–Trinajstić information content (AvgIpc) is 3.10. The number of amides is 1. The zero-order valence-electron chi connectivity index (χ0n) is 11.6. The number of alkyl halides is 1. The second kappa shape index (κ2) is 6.44. The molecule has 1 aliphatic heterocycles. The monoisotopic (exact) mass is 369 g/mol. The van der Waals surface area contributed by atoms with E-state index in [9.17, 15) is 9.18 Å². The first-order valence-electron chi connectivity index (χ1n) is 7.25. The zero-order chi connectivity index (χ0) is 14.8. The van der Waals surface area contributed by atoms with Crippen molar-refractivity contribution in [3.63, 3.8) is 0 Å². The highest BCUT2D eigenvalue weighted by atomic mass is 79.9. The number of hydrogen-bond acceptors (Lipinski definition) is 2. The summed E-state index contributed by atoms with van der Waals surface area (Å²) in [5.74, 6) is -0.145. The van der Waals surface area contributed by atoms with Crippen molar-refractivity contribution in [3.8, 4) is 0 Å². The summed E-state index contributed by atoms with van der Waals surface area (Å²) in [7, 11) is 0. The number of carbonyl (C=O) groups excluding carboxylic acids is 1. The number of likely N-dealkylation sites (tertiary alicyclic amines) is 1. The van der Waals surface area contributed by atoms with Crippen molar-refractivity contribution in [3.05, 3.63) is 35.0 Å². The first-order valence-corrected chi connectivity index (χ1v) is 9.19. The third-order valence-corrected chi connectivity index (χ3v) is 5.65. The van der Waals surface area contributed by atoms with Crippen molar-refractivity contribution in [1.82, 2.24) is 4.90 Å². The molecule has 1 saturated heterocycles. The molecule has 0 bridgehead atoms. The third kappa shape index (κ3) is 3.14. The molecule has 0 saturated carbocycles. The Balaban J connectivity index is 1.82. The van der Waals surface area contributed by atoms with Gasteiger partial charge in [-0.25, -0.2) is 4.39 Å². The highest BCUT2D eigenvalue weighted by molar-refractivity contribution is 9.09. The van der Waals surface area contributed by atoms with Crippen LogP contribution in [0, 0.1) is 5.82 Å². The fraction of sp³-hybridized carbons (Fsp3) is 0.438. The maximum absolute atomic E-state index is 13.3. The molecule has 1 aromatic carbocycles. The number of benzene rings is 1. The molecule has 5 heteroatoms. The Hall–Kier alpha value is -0.940. The van der Waals surface area contributed by atoms with Crippen molar-refractivity contribution in [2.75, 3.05) is 11.9 Å². The first kappa shape index (κ1) is 15.0. The van der Waals surface area contributed by atoms with Crippen molar-refractivity contribution < 1.29 is 9.18 Å². The van der Waals surface area contributed by atoms with Crippen LogP contribution in [0.2, 0.25) is 0 Å². The van der Waals surface area contributed by atoms with Crippen LogP contribution in [0.25, 0.3) is 10.1 Å². The smallest absolute Gasteiger partial charge is 0.264 e. The second-order valence-electron chi connectivity index (χ2n) is 5.42. The molecule has 1 atom stereocenters. The Morgan fingerprint density at radius 3 is 3.10 bits per heavy atom. The van der Waals surface area contributed by atoms with Crippen molar-refractivity contribution in [2.45, 2.75) is 31.7 Å².